The van der Waals surface area contributed by atoms with Crippen molar-refractivity contribution in [2.75, 3.05) is 7.11 Å². The van der Waals surface area contributed by atoms with E-state index in [0.29, 0.717) is 5.69 Å². The quantitative estimate of drug-likeness (QED) is 0.547. The zero-order chi connectivity index (χ0) is 18.5. The first-order chi connectivity index (χ1) is 12.6. The van der Waals surface area contributed by atoms with Gasteiger partial charge in [-0.05, 0) is 66.9 Å². The van der Waals surface area contributed by atoms with E-state index in [1.165, 1.54) is 11.1 Å². The van der Waals surface area contributed by atoms with Crippen LogP contribution in [0.25, 0.3) is 11.3 Å². The molecule has 132 valence electrons. The largest absolute Gasteiger partial charge is 0.497 e. The molecule has 2 N–H and O–H groups in total. The van der Waals surface area contributed by atoms with Gasteiger partial charge >= 0.3 is 0 Å². The van der Waals surface area contributed by atoms with Crippen LogP contribution in [0.15, 0.2) is 53.6 Å². The van der Waals surface area contributed by atoms with Crippen LogP contribution in [0, 0.1) is 13.8 Å². The van der Waals surface area contributed by atoms with Gasteiger partial charge in [0, 0.05) is 5.56 Å². The van der Waals surface area contributed by atoms with E-state index in [1.54, 1.807) is 19.4 Å². The number of amides is 1. The Balaban J connectivity index is 1.65. The number of aryl methyl sites for hydroxylation is 2. The molecule has 0 atom stereocenters. The van der Waals surface area contributed by atoms with Gasteiger partial charge in [0.1, 0.15) is 11.4 Å². The minimum atomic E-state index is -0.350. The van der Waals surface area contributed by atoms with Crippen LogP contribution in [0.4, 0.5) is 0 Å². The normalized spacial score (nSPS) is 10.9. The Hall–Kier alpha value is -3.41. The summed E-state index contributed by atoms with van der Waals surface area (Å²) in [6.07, 6.45) is 1.57. The fraction of sp³-hybridized carbons (Fsp3) is 0.150. The Morgan fingerprint density at radius 1 is 1.12 bits per heavy atom. The van der Waals surface area contributed by atoms with Crippen molar-refractivity contribution in [1.82, 2.24) is 15.6 Å². The van der Waals surface area contributed by atoms with Gasteiger partial charge in [0.05, 0.1) is 19.0 Å². The summed E-state index contributed by atoms with van der Waals surface area (Å²) >= 11 is 0. The molecule has 0 saturated carbocycles. The van der Waals surface area contributed by atoms with E-state index < -0.39 is 0 Å². The summed E-state index contributed by atoms with van der Waals surface area (Å²) < 4.78 is 5.10. The molecule has 6 nitrogen and oxygen atoms in total. The van der Waals surface area contributed by atoms with Crippen molar-refractivity contribution >= 4 is 12.1 Å². The number of carbonyl (C=O) groups is 1. The molecule has 1 amide bonds. The van der Waals surface area contributed by atoms with Crippen LogP contribution in [-0.2, 0) is 0 Å². The van der Waals surface area contributed by atoms with E-state index in [1.807, 2.05) is 43.3 Å². The number of methoxy groups -OCH3 is 1. The van der Waals surface area contributed by atoms with Crippen molar-refractivity contribution in [2.45, 2.75) is 13.8 Å². The summed E-state index contributed by atoms with van der Waals surface area (Å²) in [4.78, 5) is 12.2. The molecule has 0 aliphatic heterocycles. The first kappa shape index (κ1) is 17.4. The van der Waals surface area contributed by atoms with Crippen LogP contribution in [0.2, 0.25) is 0 Å². The lowest BCUT2D eigenvalue weighted by Gasteiger charge is -2.01. The first-order valence-electron chi connectivity index (χ1n) is 8.17. The number of nitrogens with one attached hydrogen (secondary N) is 2. The molecule has 3 aromatic rings. The van der Waals surface area contributed by atoms with Crippen molar-refractivity contribution in [3.8, 4) is 17.0 Å². The summed E-state index contributed by atoms with van der Waals surface area (Å²) in [6, 6.07) is 15.1. The molecule has 1 aromatic heterocycles. The molecule has 0 unspecified atom stereocenters. The van der Waals surface area contributed by atoms with Gasteiger partial charge in [-0.25, -0.2) is 5.43 Å². The van der Waals surface area contributed by atoms with Crippen molar-refractivity contribution in [3.63, 3.8) is 0 Å². The van der Waals surface area contributed by atoms with Crippen molar-refractivity contribution < 1.29 is 9.53 Å². The Morgan fingerprint density at radius 3 is 2.58 bits per heavy atom. The lowest BCUT2D eigenvalue weighted by Crippen LogP contribution is -2.17. The minimum Gasteiger partial charge on any atom is -0.497 e. The maximum Gasteiger partial charge on any atom is 0.289 e. The second-order valence-electron chi connectivity index (χ2n) is 5.94. The summed E-state index contributed by atoms with van der Waals surface area (Å²) in [5.41, 5.74) is 7.78. The smallest absolute Gasteiger partial charge is 0.289 e. The Morgan fingerprint density at radius 2 is 1.88 bits per heavy atom. The second kappa shape index (κ2) is 7.65. The summed E-state index contributed by atoms with van der Waals surface area (Å²) in [7, 11) is 1.61. The molecule has 26 heavy (non-hydrogen) atoms. The fourth-order valence-corrected chi connectivity index (χ4v) is 2.40. The van der Waals surface area contributed by atoms with Gasteiger partial charge in [-0.3, -0.25) is 9.89 Å². The molecule has 0 aliphatic rings. The van der Waals surface area contributed by atoms with Crippen LogP contribution >= 0.6 is 0 Å². The van der Waals surface area contributed by atoms with E-state index in [2.05, 4.69) is 33.7 Å². The van der Waals surface area contributed by atoms with Gasteiger partial charge in [-0.15, -0.1) is 0 Å². The number of ether oxygens (including phenoxy) is 1. The predicted molar refractivity (Wildman–Crippen MR) is 102 cm³/mol. The monoisotopic (exact) mass is 348 g/mol. The number of H-pyrrole nitrogens is 1. The van der Waals surface area contributed by atoms with E-state index in [0.717, 1.165) is 22.6 Å². The zero-order valence-electron chi connectivity index (χ0n) is 14.9. The zero-order valence-corrected chi connectivity index (χ0v) is 14.9. The number of nitrogens with zero attached hydrogens (tertiary/aromatic N) is 2. The Labute approximate surface area is 151 Å². The minimum absolute atomic E-state index is 0.350. The molecule has 0 saturated heterocycles. The first-order valence-corrected chi connectivity index (χ1v) is 8.17. The third-order valence-corrected chi connectivity index (χ3v) is 4.12. The lowest BCUT2D eigenvalue weighted by molar-refractivity contribution is 0.0950. The average Bonchev–Trinajstić information content (AvgIpc) is 3.15. The highest BCUT2D eigenvalue weighted by molar-refractivity contribution is 5.94. The van der Waals surface area contributed by atoms with Crippen molar-refractivity contribution in [2.24, 2.45) is 5.10 Å². The molecule has 0 spiro atoms. The summed E-state index contributed by atoms with van der Waals surface area (Å²) in [6.45, 7) is 4.11. The van der Waals surface area contributed by atoms with Gasteiger partial charge in [0.2, 0.25) is 0 Å². The SMILES string of the molecule is COc1ccc(/C=N\NC(=O)c2cc(-c3ccc(C)c(C)c3)n[nH]2)cc1. The summed E-state index contributed by atoms with van der Waals surface area (Å²) in [5, 5.41) is 10.9. The van der Waals surface area contributed by atoms with Gasteiger partial charge in [0.25, 0.3) is 5.91 Å². The van der Waals surface area contributed by atoms with Crippen LogP contribution in [0.1, 0.15) is 27.2 Å². The van der Waals surface area contributed by atoms with E-state index in [9.17, 15) is 4.79 Å². The predicted octanol–water partition coefficient (Wildman–Crippen LogP) is 3.47. The Kier molecular flexibility index (Phi) is 5.12. The average molecular weight is 348 g/mol. The molecule has 3 rings (SSSR count). The second-order valence-corrected chi connectivity index (χ2v) is 5.94. The van der Waals surface area contributed by atoms with Crippen LogP contribution < -0.4 is 10.2 Å². The topological polar surface area (TPSA) is 79.4 Å². The molecule has 2 aromatic carbocycles. The van der Waals surface area contributed by atoms with Gasteiger partial charge in [0.15, 0.2) is 0 Å². The molecule has 0 fully saturated rings. The lowest BCUT2D eigenvalue weighted by atomic mass is 10.0. The fourth-order valence-electron chi connectivity index (χ4n) is 2.40. The molecular weight excluding hydrogens is 328 g/mol. The van der Waals surface area contributed by atoms with Crippen LogP contribution in [0.5, 0.6) is 5.75 Å². The van der Waals surface area contributed by atoms with Gasteiger partial charge in [-0.2, -0.15) is 10.2 Å². The van der Waals surface area contributed by atoms with E-state index in [-0.39, 0.29) is 5.91 Å². The van der Waals surface area contributed by atoms with Gasteiger partial charge in [-0.1, -0.05) is 12.1 Å². The van der Waals surface area contributed by atoms with Crippen molar-refractivity contribution in [1.29, 1.82) is 0 Å². The molecule has 1 heterocycles. The van der Waals surface area contributed by atoms with Crippen LogP contribution in [-0.4, -0.2) is 29.4 Å². The maximum absolute atomic E-state index is 12.2. The van der Waals surface area contributed by atoms with Crippen molar-refractivity contribution in [3.05, 3.63) is 70.9 Å². The van der Waals surface area contributed by atoms with Gasteiger partial charge < -0.3 is 4.74 Å². The molecule has 0 bridgehead atoms. The number of benzene rings is 2. The summed E-state index contributed by atoms with van der Waals surface area (Å²) in [5.74, 6) is 0.417. The highest BCUT2D eigenvalue weighted by Crippen LogP contribution is 2.20. The number of carbonyl (C=O) groups excluding carboxylic acids is 1. The molecule has 6 heteroatoms. The third kappa shape index (κ3) is 3.97. The number of hydrazone groups is 1. The number of hydrogen-bond donors (Lipinski definition) is 2. The number of aromatic nitrogens is 2. The third-order valence-electron chi connectivity index (χ3n) is 4.12. The van der Waals surface area contributed by atoms with Crippen LogP contribution in [0.3, 0.4) is 0 Å². The van der Waals surface area contributed by atoms with E-state index in [4.69, 9.17) is 4.74 Å². The maximum atomic E-state index is 12.2. The van der Waals surface area contributed by atoms with E-state index >= 15 is 0 Å². The number of aromatic amines is 1. The number of hydrogen-bond acceptors (Lipinski definition) is 4. The molecular formula is C20H20N4O2. The molecule has 0 aliphatic carbocycles. The Bertz CT molecular complexity index is 943. The standard InChI is InChI=1S/C20H20N4O2/c1-13-4-7-16(10-14(13)2)18-11-19(23-22-18)20(25)24-21-12-15-5-8-17(26-3)9-6-15/h4-12H,1-3H3,(H,22,23)(H,24,25)/b21-12-. The number of rotatable bonds is 5. The molecule has 0 radical (unpaired) electrons. The highest BCUT2D eigenvalue weighted by atomic mass is 16.5. The highest BCUT2D eigenvalue weighted by Gasteiger charge is 2.10.